The molecule has 1 aromatic carbocycles. The maximum Gasteiger partial charge on any atom is 0.416 e. The molecule has 1 saturated carbocycles. The summed E-state index contributed by atoms with van der Waals surface area (Å²) in [6.07, 6.45) is -3.26. The molecule has 164 valence electrons. The number of aryl methyl sites for hydroxylation is 2. The summed E-state index contributed by atoms with van der Waals surface area (Å²) in [5.74, 6) is -0.246. The van der Waals surface area contributed by atoms with Gasteiger partial charge in [-0.3, -0.25) is 4.79 Å². The third kappa shape index (κ3) is 5.13. The summed E-state index contributed by atoms with van der Waals surface area (Å²) in [5, 5.41) is 6.30. The lowest BCUT2D eigenvalue weighted by atomic mass is 9.81. The van der Waals surface area contributed by atoms with Crippen LogP contribution in [0.1, 0.15) is 34.7 Å². The summed E-state index contributed by atoms with van der Waals surface area (Å²) in [6.45, 7) is 4.11. The number of ether oxygens (including phenoxy) is 1. The van der Waals surface area contributed by atoms with Crippen molar-refractivity contribution in [3.63, 3.8) is 0 Å². The van der Waals surface area contributed by atoms with Gasteiger partial charge in [-0.2, -0.15) is 13.2 Å². The molecule has 10 heteroatoms. The number of halogens is 3. The van der Waals surface area contributed by atoms with Crippen molar-refractivity contribution in [3.8, 4) is 10.6 Å². The van der Waals surface area contributed by atoms with Crippen LogP contribution in [0.25, 0.3) is 10.6 Å². The van der Waals surface area contributed by atoms with Gasteiger partial charge in [0.2, 0.25) is 5.91 Å². The van der Waals surface area contributed by atoms with Crippen LogP contribution in [0.5, 0.6) is 0 Å². The number of thiazole rings is 2. The normalized spacial score (nSPS) is 18.6. The Balaban J connectivity index is 1.23. The number of alkyl halides is 3. The fourth-order valence-corrected chi connectivity index (χ4v) is 4.99. The summed E-state index contributed by atoms with van der Waals surface area (Å²) in [5.41, 5.74) is 1.74. The highest BCUT2D eigenvalue weighted by Crippen LogP contribution is 2.35. The van der Waals surface area contributed by atoms with E-state index < -0.39 is 11.7 Å². The van der Waals surface area contributed by atoms with Gasteiger partial charge in [0.1, 0.15) is 0 Å². The molecule has 1 aliphatic rings. The summed E-state index contributed by atoms with van der Waals surface area (Å²) in [4.78, 5) is 22.4. The van der Waals surface area contributed by atoms with E-state index in [0.717, 1.165) is 33.4 Å². The molecule has 4 rings (SSSR count). The van der Waals surface area contributed by atoms with Crippen molar-refractivity contribution in [3.05, 3.63) is 51.5 Å². The van der Waals surface area contributed by atoms with Gasteiger partial charge in [0.05, 0.1) is 39.5 Å². The van der Waals surface area contributed by atoms with Gasteiger partial charge < -0.3 is 10.1 Å². The highest BCUT2D eigenvalue weighted by Gasteiger charge is 2.35. The van der Waals surface area contributed by atoms with Gasteiger partial charge in [-0.25, -0.2) is 9.97 Å². The number of carbonyl (C=O) groups is 1. The van der Waals surface area contributed by atoms with Crippen molar-refractivity contribution < 1.29 is 22.7 Å². The predicted molar refractivity (Wildman–Crippen MR) is 114 cm³/mol. The first kappa shape index (κ1) is 21.9. The Morgan fingerprint density at radius 2 is 1.90 bits per heavy atom. The van der Waals surface area contributed by atoms with Crippen molar-refractivity contribution in [2.45, 2.75) is 45.6 Å². The number of nitrogens with one attached hydrogen (secondary N) is 1. The van der Waals surface area contributed by atoms with E-state index in [-0.39, 0.29) is 24.5 Å². The van der Waals surface area contributed by atoms with E-state index in [9.17, 15) is 18.0 Å². The molecule has 2 heterocycles. The van der Waals surface area contributed by atoms with Gasteiger partial charge in [-0.15, -0.1) is 22.7 Å². The second kappa shape index (κ2) is 8.68. The standard InChI is InChI=1S/C21H20F3N3O2S2/c1-11-18(31-12(2)25-11)17-10-30-20(26-17)27-19(28)14-7-16(8-14)29-9-13-3-5-15(6-4-13)21(22,23)24/h3-6,10,14,16H,7-9H2,1-2H3,(H,26,27,28)/t14-,16+. The molecule has 2 aromatic heterocycles. The lowest BCUT2D eigenvalue weighted by molar-refractivity contribution is -0.137. The molecule has 0 bridgehead atoms. The molecule has 1 amide bonds. The van der Waals surface area contributed by atoms with Crippen LogP contribution in [0.3, 0.4) is 0 Å². The van der Waals surface area contributed by atoms with E-state index in [1.54, 1.807) is 11.3 Å². The molecule has 1 fully saturated rings. The van der Waals surface area contributed by atoms with Crippen LogP contribution in [-0.4, -0.2) is 22.0 Å². The summed E-state index contributed by atoms with van der Waals surface area (Å²) < 4.78 is 43.5. The zero-order valence-corrected chi connectivity index (χ0v) is 18.5. The second-order valence-electron chi connectivity index (χ2n) is 7.47. The molecule has 3 aromatic rings. The molecule has 0 aliphatic heterocycles. The first-order valence-electron chi connectivity index (χ1n) is 9.67. The van der Waals surface area contributed by atoms with E-state index in [0.29, 0.717) is 23.5 Å². The average Bonchev–Trinajstić information content (AvgIpc) is 3.25. The Hall–Kier alpha value is -2.30. The van der Waals surface area contributed by atoms with E-state index in [2.05, 4.69) is 15.3 Å². The number of nitrogens with zero attached hydrogens (tertiary/aromatic N) is 2. The van der Waals surface area contributed by atoms with Crippen LogP contribution < -0.4 is 5.32 Å². The smallest absolute Gasteiger partial charge is 0.373 e. The molecule has 0 radical (unpaired) electrons. The molecule has 5 nitrogen and oxygen atoms in total. The van der Waals surface area contributed by atoms with Gasteiger partial charge in [0.25, 0.3) is 0 Å². The summed E-state index contributed by atoms with van der Waals surface area (Å²) in [7, 11) is 0. The molecular weight excluding hydrogens is 447 g/mol. The second-order valence-corrected chi connectivity index (χ2v) is 9.53. The van der Waals surface area contributed by atoms with Gasteiger partial charge in [0.15, 0.2) is 5.13 Å². The fraction of sp³-hybridized carbons (Fsp3) is 0.381. The first-order chi connectivity index (χ1) is 14.7. The predicted octanol–water partition coefficient (Wildman–Crippen LogP) is 5.84. The number of benzene rings is 1. The zero-order valence-electron chi connectivity index (χ0n) is 16.8. The SMILES string of the molecule is Cc1nc(C)c(-c2csc(NC(=O)[C@H]3C[C@@H](OCc4ccc(C(F)(F)F)cc4)C3)n2)s1. The zero-order chi connectivity index (χ0) is 22.2. The monoisotopic (exact) mass is 467 g/mol. The fourth-order valence-electron chi connectivity index (χ4n) is 3.33. The van der Waals surface area contributed by atoms with Crippen LogP contribution in [0.4, 0.5) is 18.3 Å². The maximum atomic E-state index is 12.6. The Morgan fingerprint density at radius 1 is 1.19 bits per heavy atom. The molecular formula is C21H20F3N3O2S2. The lowest BCUT2D eigenvalue weighted by Crippen LogP contribution is -2.39. The topological polar surface area (TPSA) is 64.1 Å². The minimum Gasteiger partial charge on any atom is -0.373 e. The number of amides is 1. The van der Waals surface area contributed by atoms with Crippen LogP contribution in [-0.2, 0) is 22.3 Å². The minimum atomic E-state index is -4.34. The molecule has 1 N–H and O–H groups in total. The Labute approximate surface area is 185 Å². The number of hydrogen-bond donors (Lipinski definition) is 1. The van der Waals surface area contributed by atoms with Crippen LogP contribution >= 0.6 is 22.7 Å². The first-order valence-corrected chi connectivity index (χ1v) is 11.4. The van der Waals surface area contributed by atoms with Crippen molar-refractivity contribution in [1.82, 2.24) is 9.97 Å². The van der Waals surface area contributed by atoms with Gasteiger partial charge in [0, 0.05) is 11.3 Å². The molecule has 1 aliphatic carbocycles. The van der Waals surface area contributed by atoms with Gasteiger partial charge in [-0.1, -0.05) is 12.1 Å². The van der Waals surface area contributed by atoms with Crippen molar-refractivity contribution in [1.29, 1.82) is 0 Å². The van der Waals surface area contributed by atoms with Crippen LogP contribution in [0, 0.1) is 19.8 Å². The van der Waals surface area contributed by atoms with Crippen LogP contribution in [0.2, 0.25) is 0 Å². The third-order valence-corrected chi connectivity index (χ3v) is 6.96. The lowest BCUT2D eigenvalue weighted by Gasteiger charge is -2.33. The van der Waals surface area contributed by atoms with Gasteiger partial charge in [-0.05, 0) is 44.4 Å². The van der Waals surface area contributed by atoms with Gasteiger partial charge >= 0.3 is 6.18 Å². The highest BCUT2D eigenvalue weighted by molar-refractivity contribution is 7.16. The Bertz CT molecular complexity index is 1070. The largest absolute Gasteiger partial charge is 0.416 e. The van der Waals surface area contributed by atoms with Crippen molar-refractivity contribution in [2.24, 2.45) is 5.92 Å². The van der Waals surface area contributed by atoms with E-state index in [4.69, 9.17) is 4.74 Å². The minimum absolute atomic E-state index is 0.0762. The quantitative estimate of drug-likeness (QED) is 0.495. The molecule has 0 atom stereocenters. The van der Waals surface area contributed by atoms with E-state index >= 15 is 0 Å². The molecule has 0 saturated heterocycles. The van der Waals surface area contributed by atoms with Crippen LogP contribution in [0.15, 0.2) is 29.6 Å². The van der Waals surface area contributed by atoms with Crippen molar-refractivity contribution in [2.75, 3.05) is 5.32 Å². The van der Waals surface area contributed by atoms with Crippen molar-refractivity contribution >= 4 is 33.7 Å². The Morgan fingerprint density at radius 3 is 2.52 bits per heavy atom. The number of anilines is 1. The number of aromatic nitrogens is 2. The molecule has 0 unspecified atom stereocenters. The number of hydrogen-bond acceptors (Lipinski definition) is 6. The highest BCUT2D eigenvalue weighted by atomic mass is 32.1. The van der Waals surface area contributed by atoms with E-state index in [1.165, 1.54) is 23.5 Å². The summed E-state index contributed by atoms with van der Waals surface area (Å²) >= 11 is 2.95. The van der Waals surface area contributed by atoms with E-state index in [1.807, 2.05) is 19.2 Å². The third-order valence-electron chi connectivity index (χ3n) is 5.10. The number of carbonyl (C=O) groups excluding carboxylic acids is 1. The maximum absolute atomic E-state index is 12.6. The Kier molecular flexibility index (Phi) is 6.14. The average molecular weight is 468 g/mol. The number of rotatable bonds is 6. The summed E-state index contributed by atoms with van der Waals surface area (Å²) in [6, 6.07) is 4.93. The molecule has 0 spiro atoms. The molecule has 31 heavy (non-hydrogen) atoms.